The minimum Gasteiger partial charge on any atom is -0.497 e. The molecule has 0 saturated carbocycles. The smallest absolute Gasteiger partial charge is 0.139 e. The lowest BCUT2D eigenvalue weighted by atomic mass is 9.94. The first kappa shape index (κ1) is 20.2. The molecule has 154 valence electrons. The Labute approximate surface area is 178 Å². The van der Waals surface area contributed by atoms with E-state index in [2.05, 4.69) is 66.7 Å². The summed E-state index contributed by atoms with van der Waals surface area (Å²) in [5, 5.41) is 4.29. The predicted molar refractivity (Wildman–Crippen MR) is 120 cm³/mol. The molecule has 0 fully saturated rings. The van der Waals surface area contributed by atoms with Crippen LogP contribution in [0.3, 0.4) is 0 Å². The molecule has 4 heteroatoms. The van der Waals surface area contributed by atoms with Crippen molar-refractivity contribution in [3.05, 3.63) is 90.0 Å². The predicted octanol–water partition coefficient (Wildman–Crippen LogP) is 5.51. The van der Waals surface area contributed by atoms with Crippen LogP contribution in [0.4, 0.5) is 0 Å². The van der Waals surface area contributed by atoms with E-state index in [0.717, 1.165) is 34.6 Å². The van der Waals surface area contributed by atoms with Crippen LogP contribution in [-0.2, 0) is 22.6 Å². The summed E-state index contributed by atoms with van der Waals surface area (Å²) < 4.78 is 11.3. The van der Waals surface area contributed by atoms with Crippen molar-refractivity contribution in [3.8, 4) is 16.9 Å². The second kappa shape index (κ2) is 9.59. The van der Waals surface area contributed by atoms with Crippen molar-refractivity contribution in [2.45, 2.75) is 26.1 Å². The molecule has 1 aliphatic rings. The average molecular weight is 402 g/mol. The normalized spacial score (nSPS) is 18.0. The third-order valence-corrected chi connectivity index (χ3v) is 5.52. The lowest BCUT2D eigenvalue weighted by Crippen LogP contribution is -2.25. The summed E-state index contributed by atoms with van der Waals surface area (Å²) in [4.78, 5) is 5.68. The van der Waals surface area contributed by atoms with Crippen LogP contribution in [0.15, 0.2) is 84.0 Å². The highest BCUT2D eigenvalue weighted by atomic mass is 16.6. The Balaban J connectivity index is 1.31. The molecule has 2 atom stereocenters. The fourth-order valence-corrected chi connectivity index (χ4v) is 3.66. The minimum atomic E-state index is 0.0717. The van der Waals surface area contributed by atoms with Crippen LogP contribution < -0.4 is 4.74 Å². The van der Waals surface area contributed by atoms with Gasteiger partial charge in [-0.25, -0.2) is 0 Å². The fourth-order valence-electron chi connectivity index (χ4n) is 3.66. The molecule has 0 radical (unpaired) electrons. The van der Waals surface area contributed by atoms with Gasteiger partial charge in [0.15, 0.2) is 0 Å². The maximum Gasteiger partial charge on any atom is 0.139 e. The molecule has 1 heterocycles. The van der Waals surface area contributed by atoms with Crippen LogP contribution >= 0.6 is 0 Å². The van der Waals surface area contributed by atoms with Gasteiger partial charge in [0.1, 0.15) is 11.9 Å². The van der Waals surface area contributed by atoms with Crippen LogP contribution in [-0.4, -0.2) is 25.5 Å². The molecular formula is C26H27NO3. The largest absolute Gasteiger partial charge is 0.497 e. The van der Waals surface area contributed by atoms with Crippen molar-refractivity contribution in [2.75, 3.05) is 13.7 Å². The molecule has 0 saturated heterocycles. The summed E-state index contributed by atoms with van der Waals surface area (Å²) in [6.07, 6.45) is 0.930. The van der Waals surface area contributed by atoms with Crippen LogP contribution in [0.1, 0.15) is 18.1 Å². The molecule has 2 unspecified atom stereocenters. The second-order valence-electron chi connectivity index (χ2n) is 7.63. The van der Waals surface area contributed by atoms with Gasteiger partial charge in [-0.1, -0.05) is 72.7 Å². The maximum atomic E-state index is 5.97. The zero-order chi connectivity index (χ0) is 20.8. The summed E-state index contributed by atoms with van der Waals surface area (Å²) in [6, 6.07) is 26.9. The molecule has 4 rings (SSSR count). The lowest BCUT2D eigenvalue weighted by Gasteiger charge is -2.14. The van der Waals surface area contributed by atoms with E-state index in [1.165, 1.54) is 5.56 Å². The second-order valence-corrected chi connectivity index (χ2v) is 7.63. The Bertz CT molecular complexity index is 1000. The topological polar surface area (TPSA) is 40.0 Å². The van der Waals surface area contributed by atoms with Crippen molar-refractivity contribution in [2.24, 2.45) is 11.1 Å². The van der Waals surface area contributed by atoms with Gasteiger partial charge in [0.25, 0.3) is 0 Å². The van der Waals surface area contributed by atoms with Crippen molar-refractivity contribution >= 4 is 5.71 Å². The van der Waals surface area contributed by atoms with Gasteiger partial charge >= 0.3 is 0 Å². The molecule has 0 amide bonds. The number of ether oxygens (including phenoxy) is 2. The molecule has 0 aliphatic carbocycles. The highest BCUT2D eigenvalue weighted by Gasteiger charge is 2.30. The number of nitrogens with zero attached hydrogens (tertiary/aromatic N) is 1. The highest BCUT2D eigenvalue weighted by Crippen LogP contribution is 2.25. The van der Waals surface area contributed by atoms with Crippen LogP contribution in [0.25, 0.3) is 11.1 Å². The molecular weight excluding hydrogens is 374 g/mol. The quantitative estimate of drug-likeness (QED) is 0.499. The van der Waals surface area contributed by atoms with E-state index in [1.807, 2.05) is 24.3 Å². The lowest BCUT2D eigenvalue weighted by molar-refractivity contribution is 0.0660. The summed E-state index contributed by atoms with van der Waals surface area (Å²) in [6.45, 7) is 3.18. The average Bonchev–Trinajstić information content (AvgIpc) is 3.14. The number of hydrogen-bond acceptors (Lipinski definition) is 4. The monoisotopic (exact) mass is 401 g/mol. The van der Waals surface area contributed by atoms with Gasteiger partial charge in [0, 0.05) is 12.3 Å². The van der Waals surface area contributed by atoms with Crippen LogP contribution in [0, 0.1) is 5.92 Å². The van der Waals surface area contributed by atoms with E-state index in [-0.39, 0.29) is 12.0 Å². The molecule has 0 spiro atoms. The van der Waals surface area contributed by atoms with Gasteiger partial charge in [0.2, 0.25) is 0 Å². The SMILES string of the molecule is COc1cccc(-c2cccc(COCC3=NOC(Cc4ccccc4)C3C)c2)c1. The first-order chi connectivity index (χ1) is 14.7. The Kier molecular flexibility index (Phi) is 6.45. The fraction of sp³-hybridized carbons (Fsp3) is 0.269. The van der Waals surface area contributed by atoms with E-state index in [0.29, 0.717) is 13.2 Å². The van der Waals surface area contributed by atoms with Gasteiger partial charge < -0.3 is 14.3 Å². The Hall–Kier alpha value is -3.11. The third-order valence-electron chi connectivity index (χ3n) is 5.52. The van der Waals surface area contributed by atoms with E-state index in [1.54, 1.807) is 7.11 Å². The Morgan fingerprint density at radius 3 is 2.37 bits per heavy atom. The Morgan fingerprint density at radius 2 is 1.57 bits per heavy atom. The standard InChI is InChI=1S/C26H27NO3/c1-19-25(27-30-26(19)15-20-8-4-3-5-9-20)18-29-17-21-10-6-11-22(14-21)23-12-7-13-24(16-23)28-2/h3-14,16,19,26H,15,17-18H2,1-2H3. The van der Waals surface area contributed by atoms with Crippen molar-refractivity contribution in [1.29, 1.82) is 0 Å². The Morgan fingerprint density at radius 1 is 0.833 bits per heavy atom. The van der Waals surface area contributed by atoms with E-state index in [4.69, 9.17) is 14.3 Å². The van der Waals surface area contributed by atoms with Crippen molar-refractivity contribution < 1.29 is 14.3 Å². The summed E-state index contributed by atoms with van der Waals surface area (Å²) in [5.74, 6) is 1.10. The molecule has 0 aromatic heterocycles. The van der Waals surface area contributed by atoms with E-state index < -0.39 is 0 Å². The molecule has 30 heavy (non-hydrogen) atoms. The third kappa shape index (κ3) is 4.89. The van der Waals surface area contributed by atoms with Crippen LogP contribution in [0.2, 0.25) is 0 Å². The number of hydrogen-bond donors (Lipinski definition) is 0. The zero-order valence-corrected chi connectivity index (χ0v) is 17.5. The van der Waals surface area contributed by atoms with Crippen molar-refractivity contribution in [1.82, 2.24) is 0 Å². The molecule has 0 bridgehead atoms. The highest BCUT2D eigenvalue weighted by molar-refractivity contribution is 5.88. The number of rotatable bonds is 8. The summed E-state index contributed by atoms with van der Waals surface area (Å²) in [7, 11) is 1.68. The number of oxime groups is 1. The van der Waals surface area contributed by atoms with Gasteiger partial charge in [-0.15, -0.1) is 0 Å². The summed E-state index contributed by atoms with van der Waals surface area (Å²) in [5.41, 5.74) is 5.64. The molecule has 3 aromatic carbocycles. The van der Waals surface area contributed by atoms with Gasteiger partial charge in [-0.3, -0.25) is 0 Å². The molecule has 3 aromatic rings. The van der Waals surface area contributed by atoms with Crippen molar-refractivity contribution in [3.63, 3.8) is 0 Å². The van der Waals surface area contributed by atoms with E-state index >= 15 is 0 Å². The van der Waals surface area contributed by atoms with Crippen LogP contribution in [0.5, 0.6) is 5.75 Å². The number of benzene rings is 3. The van der Waals surface area contributed by atoms with Gasteiger partial charge in [-0.2, -0.15) is 0 Å². The molecule has 0 N–H and O–H groups in total. The number of methoxy groups -OCH3 is 1. The zero-order valence-electron chi connectivity index (χ0n) is 17.5. The molecule has 1 aliphatic heterocycles. The van der Waals surface area contributed by atoms with Gasteiger partial charge in [0.05, 0.1) is 26.0 Å². The summed E-state index contributed by atoms with van der Waals surface area (Å²) >= 11 is 0. The first-order valence-electron chi connectivity index (χ1n) is 10.3. The first-order valence-corrected chi connectivity index (χ1v) is 10.3. The van der Waals surface area contributed by atoms with Gasteiger partial charge in [-0.05, 0) is 40.5 Å². The van der Waals surface area contributed by atoms with E-state index in [9.17, 15) is 0 Å². The maximum absolute atomic E-state index is 5.97. The minimum absolute atomic E-state index is 0.0717. The molecule has 4 nitrogen and oxygen atoms in total.